The Kier molecular flexibility index (Phi) is 6.70. The van der Waals surface area contributed by atoms with E-state index in [1.807, 2.05) is 6.07 Å². The lowest BCUT2D eigenvalue weighted by molar-refractivity contribution is -0.129. The van der Waals surface area contributed by atoms with Crippen molar-refractivity contribution in [3.8, 4) is 0 Å². The molecule has 0 fully saturated rings. The van der Waals surface area contributed by atoms with Crippen LogP contribution in [0, 0.1) is 5.82 Å². The third-order valence-electron chi connectivity index (χ3n) is 4.45. The first-order valence-electron chi connectivity index (χ1n) is 9.37. The Balaban J connectivity index is 1.55. The zero-order valence-electron chi connectivity index (χ0n) is 16.3. The molecule has 30 heavy (non-hydrogen) atoms. The molecule has 0 aliphatic carbocycles. The summed E-state index contributed by atoms with van der Waals surface area (Å²) in [4.78, 5) is 36.8. The number of esters is 1. The molecule has 6 heteroatoms. The summed E-state index contributed by atoms with van der Waals surface area (Å²) in [6, 6.07) is 20.6. The summed E-state index contributed by atoms with van der Waals surface area (Å²) in [7, 11) is 0. The molecule has 3 rings (SSSR count). The molecule has 0 bridgehead atoms. The van der Waals surface area contributed by atoms with E-state index in [0.717, 1.165) is 5.56 Å². The molecule has 3 aromatic carbocycles. The Bertz CT molecular complexity index is 1030. The summed E-state index contributed by atoms with van der Waals surface area (Å²) in [5, 5.41) is 2.63. The summed E-state index contributed by atoms with van der Waals surface area (Å²) in [6.07, 6.45) is -1.01. The van der Waals surface area contributed by atoms with Gasteiger partial charge in [-0.1, -0.05) is 54.6 Å². The molecular weight excluding hydrogens is 385 g/mol. The first kappa shape index (κ1) is 20.9. The molecule has 1 amide bonds. The van der Waals surface area contributed by atoms with Gasteiger partial charge in [-0.2, -0.15) is 0 Å². The van der Waals surface area contributed by atoms with Gasteiger partial charge in [0.05, 0.1) is 5.56 Å². The van der Waals surface area contributed by atoms with Gasteiger partial charge in [-0.05, 0) is 36.8 Å². The predicted octanol–water partition coefficient (Wildman–Crippen LogP) is 3.92. The molecule has 0 radical (unpaired) electrons. The van der Waals surface area contributed by atoms with Gasteiger partial charge in [0.15, 0.2) is 11.9 Å². The van der Waals surface area contributed by atoms with Gasteiger partial charge in [-0.25, -0.2) is 9.18 Å². The van der Waals surface area contributed by atoms with Crippen LogP contribution in [0.25, 0.3) is 0 Å². The lowest BCUT2D eigenvalue weighted by Crippen LogP contribution is -2.35. The molecular formula is C24H20FNO4. The van der Waals surface area contributed by atoms with E-state index in [9.17, 15) is 18.8 Å². The lowest BCUT2D eigenvalue weighted by atomic mass is 10.0. The second kappa shape index (κ2) is 9.60. The molecule has 5 nitrogen and oxygen atoms in total. The highest BCUT2D eigenvalue weighted by molar-refractivity contribution is 6.09. The number of ether oxygens (including phenoxy) is 1. The Hall–Kier alpha value is -3.80. The van der Waals surface area contributed by atoms with Crippen LogP contribution in [0.3, 0.4) is 0 Å². The van der Waals surface area contributed by atoms with E-state index in [0.29, 0.717) is 11.1 Å². The van der Waals surface area contributed by atoms with Crippen molar-refractivity contribution in [3.63, 3.8) is 0 Å². The van der Waals surface area contributed by atoms with Gasteiger partial charge in [0.2, 0.25) is 0 Å². The number of halogens is 1. The number of benzene rings is 3. The monoisotopic (exact) mass is 405 g/mol. The van der Waals surface area contributed by atoms with Crippen molar-refractivity contribution < 1.29 is 23.5 Å². The number of hydrogen-bond acceptors (Lipinski definition) is 4. The van der Waals surface area contributed by atoms with Crippen molar-refractivity contribution in [1.29, 1.82) is 0 Å². The van der Waals surface area contributed by atoms with Gasteiger partial charge in [0, 0.05) is 17.7 Å². The summed E-state index contributed by atoms with van der Waals surface area (Å²) in [5.41, 5.74) is 1.96. The van der Waals surface area contributed by atoms with E-state index < -0.39 is 18.0 Å². The molecule has 1 atom stereocenters. The van der Waals surface area contributed by atoms with Gasteiger partial charge >= 0.3 is 5.97 Å². The Morgan fingerprint density at radius 2 is 1.40 bits per heavy atom. The van der Waals surface area contributed by atoms with Gasteiger partial charge < -0.3 is 10.1 Å². The van der Waals surface area contributed by atoms with Crippen LogP contribution in [0.15, 0.2) is 78.9 Å². The molecule has 0 saturated heterocycles. The predicted molar refractivity (Wildman–Crippen MR) is 109 cm³/mol. The van der Waals surface area contributed by atoms with Gasteiger partial charge in [-0.3, -0.25) is 9.59 Å². The molecule has 0 unspecified atom stereocenters. The number of carbonyl (C=O) groups excluding carboxylic acids is 3. The largest absolute Gasteiger partial charge is 0.449 e. The molecule has 0 heterocycles. The summed E-state index contributed by atoms with van der Waals surface area (Å²) >= 11 is 0. The second-order valence-corrected chi connectivity index (χ2v) is 6.66. The number of carbonyl (C=O) groups is 3. The van der Waals surface area contributed by atoms with Crippen LogP contribution >= 0.6 is 0 Å². The Morgan fingerprint density at radius 3 is 2.03 bits per heavy atom. The second-order valence-electron chi connectivity index (χ2n) is 6.66. The van der Waals surface area contributed by atoms with Crippen molar-refractivity contribution in [2.24, 2.45) is 0 Å². The molecule has 152 valence electrons. The molecule has 0 aromatic heterocycles. The normalized spacial score (nSPS) is 11.4. The first-order chi connectivity index (χ1) is 14.4. The number of nitrogens with one attached hydrogen (secondary N) is 1. The van der Waals surface area contributed by atoms with Crippen LogP contribution in [0.1, 0.15) is 38.8 Å². The van der Waals surface area contributed by atoms with Crippen LogP contribution in [0.5, 0.6) is 0 Å². The smallest absolute Gasteiger partial charge is 0.338 e. The van der Waals surface area contributed by atoms with E-state index in [-0.39, 0.29) is 23.7 Å². The number of ketones is 1. The summed E-state index contributed by atoms with van der Waals surface area (Å²) in [5.74, 6) is -1.64. The van der Waals surface area contributed by atoms with E-state index in [1.54, 1.807) is 48.5 Å². The number of rotatable bonds is 7. The van der Waals surface area contributed by atoms with Crippen LogP contribution in [0.2, 0.25) is 0 Å². The maximum atomic E-state index is 12.9. The highest BCUT2D eigenvalue weighted by Crippen LogP contribution is 2.12. The summed E-state index contributed by atoms with van der Waals surface area (Å²) < 4.78 is 18.1. The maximum Gasteiger partial charge on any atom is 0.338 e. The average Bonchev–Trinajstić information content (AvgIpc) is 2.78. The SMILES string of the molecule is C[C@@H](OC(=O)c1ccc(C(=O)c2ccccc2)cc1)C(=O)NCc1ccc(F)cc1. The van der Waals surface area contributed by atoms with E-state index in [4.69, 9.17) is 4.74 Å². The third kappa shape index (κ3) is 5.38. The molecule has 0 aliphatic heterocycles. The minimum absolute atomic E-state index is 0.149. The van der Waals surface area contributed by atoms with Crippen molar-refractivity contribution in [1.82, 2.24) is 5.32 Å². The fraction of sp³-hybridized carbons (Fsp3) is 0.125. The lowest BCUT2D eigenvalue weighted by Gasteiger charge is -2.14. The fourth-order valence-corrected chi connectivity index (χ4v) is 2.73. The maximum absolute atomic E-state index is 12.9. The quantitative estimate of drug-likeness (QED) is 0.478. The van der Waals surface area contributed by atoms with E-state index in [1.165, 1.54) is 31.2 Å². The molecule has 1 N–H and O–H groups in total. The van der Waals surface area contributed by atoms with Gasteiger partial charge in [-0.15, -0.1) is 0 Å². The van der Waals surface area contributed by atoms with Gasteiger partial charge in [0.25, 0.3) is 5.91 Å². The van der Waals surface area contributed by atoms with Crippen LogP contribution in [0.4, 0.5) is 4.39 Å². The van der Waals surface area contributed by atoms with Crippen LogP contribution in [-0.4, -0.2) is 23.8 Å². The molecule has 0 saturated carbocycles. The number of amides is 1. The fourth-order valence-electron chi connectivity index (χ4n) is 2.73. The average molecular weight is 405 g/mol. The van der Waals surface area contributed by atoms with Crippen molar-refractivity contribution in [2.75, 3.05) is 0 Å². The Labute approximate surface area is 173 Å². The topological polar surface area (TPSA) is 72.5 Å². The zero-order valence-corrected chi connectivity index (χ0v) is 16.3. The first-order valence-corrected chi connectivity index (χ1v) is 9.37. The Morgan fingerprint density at radius 1 is 0.833 bits per heavy atom. The highest BCUT2D eigenvalue weighted by atomic mass is 19.1. The zero-order chi connectivity index (χ0) is 21.5. The molecule has 0 aliphatic rings. The minimum Gasteiger partial charge on any atom is -0.449 e. The van der Waals surface area contributed by atoms with Crippen LogP contribution in [-0.2, 0) is 16.1 Å². The molecule has 3 aromatic rings. The van der Waals surface area contributed by atoms with E-state index >= 15 is 0 Å². The van der Waals surface area contributed by atoms with Crippen molar-refractivity contribution in [2.45, 2.75) is 19.6 Å². The third-order valence-corrected chi connectivity index (χ3v) is 4.45. The molecule has 0 spiro atoms. The van der Waals surface area contributed by atoms with E-state index in [2.05, 4.69) is 5.32 Å². The standard InChI is InChI=1S/C24H20FNO4/c1-16(23(28)26-15-17-7-13-21(25)14-8-17)30-24(29)20-11-9-19(10-12-20)22(27)18-5-3-2-4-6-18/h2-14,16H,15H2,1H3,(H,26,28)/t16-/m1/s1. The minimum atomic E-state index is -1.01. The highest BCUT2D eigenvalue weighted by Gasteiger charge is 2.19. The van der Waals surface area contributed by atoms with Crippen LogP contribution < -0.4 is 5.32 Å². The van der Waals surface area contributed by atoms with Crippen molar-refractivity contribution in [3.05, 3.63) is 107 Å². The van der Waals surface area contributed by atoms with Crippen molar-refractivity contribution >= 4 is 17.7 Å². The van der Waals surface area contributed by atoms with Gasteiger partial charge in [0.1, 0.15) is 5.82 Å². The summed E-state index contributed by atoms with van der Waals surface area (Å²) in [6.45, 7) is 1.66. The number of hydrogen-bond donors (Lipinski definition) is 1.